The molecule has 224 valence electrons. The molecule has 0 aromatic heterocycles. The molecule has 0 saturated carbocycles. The average Bonchev–Trinajstić information content (AvgIpc) is 3.00. The molecule has 0 spiro atoms. The SMILES string of the molecule is NCCOB(c1ccc(COCc2cccc(B(OCCN)c3cc(F)c(F)c(F)c3)c2)cc1)c1cc(F)c(F)c(F)c1. The molecule has 0 heterocycles. The number of hydrogen-bond donors (Lipinski definition) is 2. The van der Waals surface area contributed by atoms with Gasteiger partial charge in [0.15, 0.2) is 34.9 Å². The summed E-state index contributed by atoms with van der Waals surface area (Å²) in [5.74, 6) is -8.41. The van der Waals surface area contributed by atoms with Gasteiger partial charge in [0.25, 0.3) is 0 Å². The zero-order valence-corrected chi connectivity index (χ0v) is 23.0. The Hall–Kier alpha value is -3.61. The van der Waals surface area contributed by atoms with Crippen molar-refractivity contribution < 1.29 is 40.4 Å². The molecular formula is C30H28B2F6N2O3. The van der Waals surface area contributed by atoms with Crippen molar-refractivity contribution in [2.75, 3.05) is 26.3 Å². The van der Waals surface area contributed by atoms with E-state index < -0.39 is 48.7 Å². The highest BCUT2D eigenvalue weighted by molar-refractivity contribution is 6.80. The van der Waals surface area contributed by atoms with Crippen LogP contribution in [0.3, 0.4) is 0 Å². The van der Waals surface area contributed by atoms with Crippen LogP contribution in [0.15, 0.2) is 72.8 Å². The predicted molar refractivity (Wildman–Crippen MR) is 154 cm³/mol. The van der Waals surface area contributed by atoms with Crippen LogP contribution in [-0.4, -0.2) is 40.1 Å². The number of hydrogen-bond acceptors (Lipinski definition) is 5. The van der Waals surface area contributed by atoms with Gasteiger partial charge in [0, 0.05) is 26.3 Å². The lowest BCUT2D eigenvalue weighted by molar-refractivity contribution is 0.107. The molecule has 0 unspecified atom stereocenters. The minimum atomic E-state index is -1.56. The maximum Gasteiger partial charge on any atom is 0.361 e. The molecule has 0 atom stereocenters. The number of halogens is 6. The molecule has 0 aliphatic heterocycles. The van der Waals surface area contributed by atoms with Crippen LogP contribution < -0.4 is 33.3 Å². The molecule has 4 N–H and O–H groups in total. The van der Waals surface area contributed by atoms with Crippen LogP contribution in [-0.2, 0) is 27.3 Å². The molecule has 0 fully saturated rings. The summed E-state index contributed by atoms with van der Waals surface area (Å²) in [6.45, 7) is -0.818. The lowest BCUT2D eigenvalue weighted by Gasteiger charge is -2.17. The maximum atomic E-state index is 13.9. The van der Waals surface area contributed by atoms with Gasteiger partial charge in [0.05, 0.1) is 13.2 Å². The monoisotopic (exact) mass is 600 g/mol. The highest BCUT2D eigenvalue weighted by Crippen LogP contribution is 2.12. The van der Waals surface area contributed by atoms with Crippen LogP contribution in [0, 0.1) is 34.9 Å². The van der Waals surface area contributed by atoms with Gasteiger partial charge in [-0.15, -0.1) is 0 Å². The summed E-state index contributed by atoms with van der Waals surface area (Å²) in [6, 6.07) is 17.5. The Kier molecular flexibility index (Phi) is 11.4. The summed E-state index contributed by atoms with van der Waals surface area (Å²) in [6.07, 6.45) is 0. The van der Waals surface area contributed by atoms with E-state index in [1.54, 1.807) is 48.5 Å². The Bertz CT molecular complexity index is 1480. The molecule has 43 heavy (non-hydrogen) atoms. The van der Waals surface area contributed by atoms with Gasteiger partial charge in [-0.3, -0.25) is 0 Å². The van der Waals surface area contributed by atoms with Crippen LogP contribution >= 0.6 is 0 Å². The largest absolute Gasteiger partial charge is 0.426 e. The molecule has 0 saturated heterocycles. The van der Waals surface area contributed by atoms with Crippen molar-refractivity contribution in [3.63, 3.8) is 0 Å². The minimum absolute atomic E-state index is 0.0999. The highest BCUT2D eigenvalue weighted by Gasteiger charge is 2.26. The Labute approximate surface area is 246 Å². The first kappa shape index (κ1) is 32.3. The van der Waals surface area contributed by atoms with Crippen molar-refractivity contribution >= 4 is 35.7 Å². The maximum absolute atomic E-state index is 13.9. The summed E-state index contributed by atoms with van der Waals surface area (Å²) in [4.78, 5) is 0. The summed E-state index contributed by atoms with van der Waals surface area (Å²) in [5.41, 5.74) is 14.0. The molecule has 0 amide bonds. The Morgan fingerprint density at radius 2 is 0.977 bits per heavy atom. The first-order valence-corrected chi connectivity index (χ1v) is 13.4. The summed E-state index contributed by atoms with van der Waals surface area (Å²) in [7, 11) is 0. The molecular weight excluding hydrogens is 572 g/mol. The van der Waals surface area contributed by atoms with E-state index in [0.717, 1.165) is 35.4 Å². The van der Waals surface area contributed by atoms with Gasteiger partial charge in [-0.1, -0.05) is 48.5 Å². The summed E-state index contributed by atoms with van der Waals surface area (Å²) in [5, 5.41) is 0. The van der Waals surface area contributed by atoms with E-state index in [9.17, 15) is 26.3 Å². The van der Waals surface area contributed by atoms with Gasteiger partial charge in [0.1, 0.15) is 0 Å². The van der Waals surface area contributed by atoms with Crippen molar-refractivity contribution in [2.45, 2.75) is 13.2 Å². The Morgan fingerprint density at radius 1 is 0.512 bits per heavy atom. The minimum Gasteiger partial charge on any atom is -0.426 e. The second-order valence-electron chi connectivity index (χ2n) is 9.66. The zero-order chi connectivity index (χ0) is 30.9. The van der Waals surface area contributed by atoms with E-state index in [2.05, 4.69) is 0 Å². The number of nitrogens with two attached hydrogens (primary N) is 2. The lowest BCUT2D eigenvalue weighted by Crippen LogP contribution is -2.46. The fourth-order valence-corrected chi connectivity index (χ4v) is 4.52. The number of ether oxygens (including phenoxy) is 1. The molecule has 4 aromatic rings. The van der Waals surface area contributed by atoms with E-state index in [1.165, 1.54) is 0 Å². The lowest BCUT2D eigenvalue weighted by atomic mass is 9.55. The third-order valence-corrected chi connectivity index (χ3v) is 6.50. The van der Waals surface area contributed by atoms with E-state index in [4.69, 9.17) is 25.5 Å². The van der Waals surface area contributed by atoms with Gasteiger partial charge in [-0.25, -0.2) is 26.3 Å². The number of rotatable bonds is 14. The van der Waals surface area contributed by atoms with Gasteiger partial charge in [0.2, 0.25) is 0 Å². The van der Waals surface area contributed by atoms with E-state index in [1.807, 2.05) is 0 Å². The molecule has 0 aliphatic rings. The van der Waals surface area contributed by atoms with Gasteiger partial charge >= 0.3 is 13.8 Å². The fraction of sp³-hybridized carbons (Fsp3) is 0.200. The quantitative estimate of drug-likeness (QED) is 0.132. The molecule has 13 heteroatoms. The van der Waals surface area contributed by atoms with E-state index >= 15 is 0 Å². The second-order valence-corrected chi connectivity index (χ2v) is 9.66. The smallest absolute Gasteiger partial charge is 0.361 e. The van der Waals surface area contributed by atoms with Gasteiger partial charge < -0.3 is 25.5 Å². The van der Waals surface area contributed by atoms with Gasteiger partial charge in [-0.2, -0.15) is 0 Å². The van der Waals surface area contributed by atoms with Crippen LogP contribution in [0.25, 0.3) is 0 Å². The van der Waals surface area contributed by atoms with Crippen LogP contribution in [0.1, 0.15) is 11.1 Å². The molecule has 0 radical (unpaired) electrons. The molecule has 4 rings (SSSR count). The van der Waals surface area contributed by atoms with Crippen molar-refractivity contribution in [3.05, 3.63) is 119 Å². The van der Waals surface area contributed by atoms with Crippen molar-refractivity contribution in [3.8, 4) is 0 Å². The number of benzene rings is 4. The van der Waals surface area contributed by atoms with E-state index in [0.29, 0.717) is 10.9 Å². The molecule has 0 bridgehead atoms. The highest BCUT2D eigenvalue weighted by atomic mass is 19.2. The normalized spacial score (nSPS) is 11.2. The van der Waals surface area contributed by atoms with Crippen LogP contribution in [0.2, 0.25) is 0 Å². The Morgan fingerprint density at radius 3 is 1.47 bits per heavy atom. The molecule has 0 aliphatic carbocycles. The van der Waals surface area contributed by atoms with Crippen LogP contribution in [0.4, 0.5) is 26.3 Å². The first-order valence-electron chi connectivity index (χ1n) is 13.4. The zero-order valence-electron chi connectivity index (χ0n) is 23.0. The third kappa shape index (κ3) is 8.27. The van der Waals surface area contributed by atoms with E-state index in [-0.39, 0.29) is 50.4 Å². The summed E-state index contributed by atoms with van der Waals surface area (Å²) >= 11 is 0. The first-order chi connectivity index (χ1) is 20.7. The van der Waals surface area contributed by atoms with Gasteiger partial charge in [-0.05, 0) is 57.2 Å². The Balaban J connectivity index is 1.44. The molecule has 5 nitrogen and oxygen atoms in total. The average molecular weight is 600 g/mol. The third-order valence-electron chi connectivity index (χ3n) is 6.50. The topological polar surface area (TPSA) is 79.7 Å². The predicted octanol–water partition coefficient (Wildman–Crippen LogP) is 2.40. The second kappa shape index (κ2) is 15.2. The van der Waals surface area contributed by atoms with Crippen molar-refractivity contribution in [1.29, 1.82) is 0 Å². The molecule has 4 aromatic carbocycles. The standard InChI is InChI=1S/C30H28B2F6N2O3/c33-25-13-23(14-26(34)29(25)37)31(42-10-8-39)21-6-4-19(5-7-21)17-41-18-20-2-1-3-22(12-20)32(43-11-9-40)24-15-27(35)30(38)28(36)16-24/h1-7,12-16H,8-11,17-18,39-40H2. The fourth-order valence-electron chi connectivity index (χ4n) is 4.52. The van der Waals surface area contributed by atoms with Crippen molar-refractivity contribution in [2.24, 2.45) is 11.5 Å². The summed E-state index contributed by atoms with van der Waals surface area (Å²) < 4.78 is 99.9. The van der Waals surface area contributed by atoms with Crippen molar-refractivity contribution in [1.82, 2.24) is 0 Å². The van der Waals surface area contributed by atoms with Crippen LogP contribution in [0.5, 0.6) is 0 Å².